The number of methoxy groups -OCH3 is 2. The van der Waals surface area contributed by atoms with E-state index in [2.05, 4.69) is 30.8 Å². The molecule has 1 amide bonds. The number of nitrogens with zero attached hydrogens (tertiary/aromatic N) is 6. The molecule has 3 aromatic rings. The molecule has 2 heterocycles. The van der Waals surface area contributed by atoms with Gasteiger partial charge >= 0.3 is 5.69 Å². The van der Waals surface area contributed by atoms with E-state index in [1.165, 1.54) is 45.6 Å². The van der Waals surface area contributed by atoms with Crippen molar-refractivity contribution in [2.75, 3.05) is 14.2 Å². The molecule has 14 nitrogen and oxygen atoms in total. The van der Waals surface area contributed by atoms with Crippen LogP contribution < -0.4 is 20.5 Å². The standard InChI is InChI=1S/C18H18N8O6/c1-9-5-13(25(24-9)18-20-16(27)10(2)21-23-18)17(28)22-19-8-11-6-12(26(29)30)15(32-4)14(7-11)31-3/h5-8H,1-4H3,(H,22,28)(H,20,23,27)/b19-8-. The number of nitro groups is 1. The maximum Gasteiger partial charge on any atom is 0.315 e. The highest BCUT2D eigenvalue weighted by Gasteiger charge is 2.21. The Balaban J connectivity index is 1.87. The first-order chi connectivity index (χ1) is 15.2. The fraction of sp³-hybridized carbons (Fsp3) is 0.222. The third kappa shape index (κ3) is 4.43. The number of hydrogen-bond donors (Lipinski definition) is 2. The van der Waals surface area contributed by atoms with Crippen molar-refractivity contribution in [3.63, 3.8) is 0 Å². The second kappa shape index (κ2) is 9.03. The highest BCUT2D eigenvalue weighted by atomic mass is 16.6. The van der Waals surface area contributed by atoms with Gasteiger partial charge in [0.15, 0.2) is 5.75 Å². The highest BCUT2D eigenvalue weighted by molar-refractivity contribution is 5.94. The van der Waals surface area contributed by atoms with Crippen LogP contribution in [0.1, 0.15) is 27.4 Å². The second-order valence-corrected chi connectivity index (χ2v) is 6.38. The lowest BCUT2D eigenvalue weighted by Crippen LogP contribution is -2.24. The minimum atomic E-state index is -0.667. The topological polar surface area (TPSA) is 180 Å². The van der Waals surface area contributed by atoms with Crippen LogP contribution in [0.3, 0.4) is 0 Å². The number of aryl methyl sites for hydroxylation is 2. The summed E-state index contributed by atoms with van der Waals surface area (Å²) < 4.78 is 11.3. The summed E-state index contributed by atoms with van der Waals surface area (Å²) in [6.07, 6.45) is 1.20. The minimum absolute atomic E-state index is 0.0340. The first-order valence-corrected chi connectivity index (χ1v) is 8.99. The molecule has 166 valence electrons. The van der Waals surface area contributed by atoms with Crippen LogP contribution in [0.25, 0.3) is 5.95 Å². The summed E-state index contributed by atoms with van der Waals surface area (Å²) in [6, 6.07) is 4.15. The molecule has 0 saturated heterocycles. The number of ether oxygens (including phenoxy) is 2. The molecule has 0 radical (unpaired) electrons. The Bertz CT molecular complexity index is 1280. The molecule has 14 heteroatoms. The predicted molar refractivity (Wildman–Crippen MR) is 111 cm³/mol. The average molecular weight is 442 g/mol. The zero-order valence-electron chi connectivity index (χ0n) is 17.4. The number of rotatable bonds is 7. The van der Waals surface area contributed by atoms with E-state index in [0.29, 0.717) is 5.69 Å². The minimum Gasteiger partial charge on any atom is -0.493 e. The smallest absolute Gasteiger partial charge is 0.315 e. The van der Waals surface area contributed by atoms with E-state index in [4.69, 9.17) is 9.47 Å². The van der Waals surface area contributed by atoms with Crippen LogP contribution in [0.5, 0.6) is 11.5 Å². The van der Waals surface area contributed by atoms with Crippen LogP contribution in [-0.2, 0) is 0 Å². The Hall–Kier alpha value is -4.62. The molecule has 2 N–H and O–H groups in total. The number of carbonyl (C=O) groups is 1. The van der Waals surface area contributed by atoms with Gasteiger partial charge in [-0.3, -0.25) is 24.7 Å². The number of H-pyrrole nitrogens is 1. The Labute approximate surface area is 180 Å². The lowest BCUT2D eigenvalue weighted by molar-refractivity contribution is -0.385. The van der Waals surface area contributed by atoms with Gasteiger partial charge in [-0.1, -0.05) is 0 Å². The van der Waals surface area contributed by atoms with Gasteiger partial charge < -0.3 is 9.47 Å². The third-order valence-corrected chi connectivity index (χ3v) is 4.17. The molecular formula is C18H18N8O6. The number of hydrogen-bond acceptors (Lipinski definition) is 10. The highest BCUT2D eigenvalue weighted by Crippen LogP contribution is 2.37. The zero-order valence-corrected chi connectivity index (χ0v) is 17.4. The van der Waals surface area contributed by atoms with Gasteiger partial charge in [-0.25, -0.2) is 5.43 Å². The van der Waals surface area contributed by atoms with E-state index in [9.17, 15) is 19.7 Å². The largest absolute Gasteiger partial charge is 0.493 e. The Morgan fingerprint density at radius 3 is 2.62 bits per heavy atom. The fourth-order valence-electron chi connectivity index (χ4n) is 2.70. The molecule has 0 saturated carbocycles. The Morgan fingerprint density at radius 2 is 2.00 bits per heavy atom. The first kappa shape index (κ1) is 22.1. The Kier molecular flexibility index (Phi) is 6.23. The Morgan fingerprint density at radius 1 is 1.25 bits per heavy atom. The number of nitrogens with one attached hydrogen (secondary N) is 2. The van der Waals surface area contributed by atoms with Gasteiger partial charge in [0.25, 0.3) is 17.4 Å². The van der Waals surface area contributed by atoms with Crippen molar-refractivity contribution in [3.8, 4) is 17.4 Å². The zero-order chi connectivity index (χ0) is 23.4. The van der Waals surface area contributed by atoms with E-state index < -0.39 is 16.4 Å². The van der Waals surface area contributed by atoms with Crippen molar-refractivity contribution in [1.29, 1.82) is 0 Å². The van der Waals surface area contributed by atoms with Gasteiger partial charge in [-0.05, 0) is 26.0 Å². The molecule has 0 atom stereocenters. The number of hydrazone groups is 1. The van der Waals surface area contributed by atoms with E-state index in [1.807, 2.05) is 0 Å². The lowest BCUT2D eigenvalue weighted by atomic mass is 10.2. The van der Waals surface area contributed by atoms with E-state index >= 15 is 0 Å². The summed E-state index contributed by atoms with van der Waals surface area (Å²) in [5.41, 5.74) is 2.47. The maximum absolute atomic E-state index is 12.6. The van der Waals surface area contributed by atoms with Crippen molar-refractivity contribution < 1.29 is 19.2 Å². The number of aromatic amines is 1. The molecule has 2 aromatic heterocycles. The second-order valence-electron chi connectivity index (χ2n) is 6.38. The van der Waals surface area contributed by atoms with Crippen LogP contribution >= 0.6 is 0 Å². The number of nitro benzene ring substituents is 1. The third-order valence-electron chi connectivity index (χ3n) is 4.17. The normalized spacial score (nSPS) is 10.9. The summed E-state index contributed by atoms with van der Waals surface area (Å²) in [7, 11) is 2.63. The van der Waals surface area contributed by atoms with Gasteiger partial charge in [-0.15, -0.1) is 10.2 Å². The van der Waals surface area contributed by atoms with Gasteiger partial charge in [0.1, 0.15) is 11.4 Å². The van der Waals surface area contributed by atoms with Gasteiger partial charge in [0.2, 0.25) is 5.75 Å². The van der Waals surface area contributed by atoms with E-state index in [0.717, 1.165) is 4.68 Å². The fourth-order valence-corrected chi connectivity index (χ4v) is 2.70. The van der Waals surface area contributed by atoms with Crippen molar-refractivity contribution in [3.05, 3.63) is 61.3 Å². The van der Waals surface area contributed by atoms with E-state index in [-0.39, 0.29) is 40.1 Å². The van der Waals surface area contributed by atoms with Crippen LogP contribution in [0, 0.1) is 24.0 Å². The summed E-state index contributed by atoms with van der Waals surface area (Å²) in [6.45, 7) is 3.14. The predicted octanol–water partition coefficient (Wildman–Crippen LogP) is 0.657. The monoisotopic (exact) mass is 442 g/mol. The quantitative estimate of drug-likeness (QED) is 0.302. The summed E-state index contributed by atoms with van der Waals surface area (Å²) >= 11 is 0. The van der Waals surface area contributed by atoms with Crippen molar-refractivity contribution in [2.24, 2.45) is 5.10 Å². The molecule has 0 fully saturated rings. The van der Waals surface area contributed by atoms with Crippen molar-refractivity contribution in [1.82, 2.24) is 30.4 Å². The maximum atomic E-state index is 12.6. The molecular weight excluding hydrogens is 424 g/mol. The first-order valence-electron chi connectivity index (χ1n) is 8.99. The number of amides is 1. The van der Waals surface area contributed by atoms with Crippen LogP contribution in [0.2, 0.25) is 0 Å². The number of benzene rings is 1. The molecule has 32 heavy (non-hydrogen) atoms. The number of aromatic nitrogens is 5. The molecule has 0 unspecified atom stereocenters. The average Bonchev–Trinajstić information content (AvgIpc) is 3.16. The van der Waals surface area contributed by atoms with Gasteiger partial charge in [0.05, 0.1) is 31.1 Å². The van der Waals surface area contributed by atoms with Crippen LogP contribution in [-0.4, -0.2) is 56.2 Å². The van der Waals surface area contributed by atoms with Crippen LogP contribution in [0.15, 0.2) is 28.1 Å². The molecule has 0 bridgehead atoms. The lowest BCUT2D eigenvalue weighted by Gasteiger charge is -2.08. The van der Waals surface area contributed by atoms with E-state index in [1.54, 1.807) is 6.92 Å². The van der Waals surface area contributed by atoms with Gasteiger partial charge in [-0.2, -0.15) is 14.9 Å². The summed E-state index contributed by atoms with van der Waals surface area (Å²) in [4.78, 5) is 37.6. The molecule has 0 aliphatic heterocycles. The summed E-state index contributed by atoms with van der Waals surface area (Å²) in [5, 5.41) is 26.8. The van der Waals surface area contributed by atoms with Crippen molar-refractivity contribution >= 4 is 17.8 Å². The molecule has 1 aromatic carbocycles. The molecule has 0 spiro atoms. The SMILES string of the molecule is COc1cc(/C=N\NC(=O)c2cc(C)nn2-c2nnc(C)c(=O)[nH]2)cc([N+](=O)[O-])c1OC. The molecule has 0 aliphatic carbocycles. The number of carbonyl (C=O) groups excluding carboxylic acids is 1. The summed E-state index contributed by atoms with van der Waals surface area (Å²) in [5.74, 6) is -0.616. The van der Waals surface area contributed by atoms with Crippen molar-refractivity contribution in [2.45, 2.75) is 13.8 Å². The van der Waals surface area contributed by atoms with Gasteiger partial charge in [0, 0.05) is 11.6 Å². The molecule has 3 rings (SSSR count). The molecule has 0 aliphatic rings. The van der Waals surface area contributed by atoms with Crippen LogP contribution in [0.4, 0.5) is 5.69 Å².